The highest BCUT2D eigenvalue weighted by molar-refractivity contribution is 5.88. The van der Waals surface area contributed by atoms with Gasteiger partial charge in [-0.1, -0.05) is 63.1 Å². The average molecular weight is 512 g/mol. The van der Waals surface area contributed by atoms with Gasteiger partial charge in [-0.05, 0) is 68.5 Å². The molecule has 0 radical (unpaired) electrons. The molecule has 0 bridgehead atoms. The lowest BCUT2D eigenvalue weighted by atomic mass is 10.1. The molecule has 0 N–H and O–H groups in total. The fraction of sp³-hybridized carbons (Fsp3) is 0.433. The summed E-state index contributed by atoms with van der Waals surface area (Å²) in [5.74, 6) is 1.37. The molecule has 1 aromatic heterocycles. The van der Waals surface area contributed by atoms with Crippen molar-refractivity contribution >= 4 is 21.8 Å². The first kappa shape index (κ1) is 27.0. The third kappa shape index (κ3) is 6.83. The second-order valence-corrected chi connectivity index (χ2v) is 9.55. The number of aryl methyl sites for hydroxylation is 1. The highest BCUT2D eigenvalue weighted by Crippen LogP contribution is 2.32. The molecule has 0 amide bonds. The number of hydrogen-bond acceptors (Lipinski definition) is 3. The maximum absolute atomic E-state index is 13.4. The third-order valence-corrected chi connectivity index (χ3v) is 6.77. The maximum atomic E-state index is 13.4. The van der Waals surface area contributed by atoms with Crippen LogP contribution in [-0.4, -0.2) is 34.1 Å². The van der Waals surface area contributed by atoms with Gasteiger partial charge < -0.3 is 14.2 Å². The Morgan fingerprint density at radius 3 is 2.30 bits per heavy atom. The Balaban J connectivity index is 1.57. The summed E-state index contributed by atoms with van der Waals surface area (Å²) in [6, 6.07) is 17.7. The molecule has 198 valence electrons. The van der Waals surface area contributed by atoms with Gasteiger partial charge in [0.15, 0.2) is 0 Å². The van der Waals surface area contributed by atoms with Crippen molar-refractivity contribution in [2.75, 3.05) is 19.6 Å². The summed E-state index contributed by atoms with van der Waals surface area (Å²) in [5.41, 5.74) is 0.370. The fourth-order valence-corrected chi connectivity index (χ4v) is 4.73. The molecule has 0 fully saturated rings. The Hall–Kier alpha value is -3.06. The number of imidazole rings is 1. The molecule has 4 nitrogen and oxygen atoms in total. The molecule has 4 aromatic rings. The third-order valence-electron chi connectivity index (χ3n) is 6.77. The Kier molecular flexibility index (Phi) is 9.09. The van der Waals surface area contributed by atoms with Gasteiger partial charge in [0.25, 0.3) is 0 Å². The van der Waals surface area contributed by atoms with E-state index in [1.807, 2.05) is 47.0 Å². The Labute approximate surface area is 217 Å². The zero-order valence-corrected chi connectivity index (χ0v) is 21.7. The predicted octanol–water partition coefficient (Wildman–Crippen LogP) is 8.08. The van der Waals surface area contributed by atoms with Crippen LogP contribution in [0.1, 0.15) is 57.3 Å². The smallest absolute Gasteiger partial charge is 0.416 e. The van der Waals surface area contributed by atoms with Gasteiger partial charge in [-0.25, -0.2) is 4.98 Å². The van der Waals surface area contributed by atoms with Crippen LogP contribution in [-0.2, 0) is 19.3 Å². The van der Waals surface area contributed by atoms with Crippen molar-refractivity contribution in [1.82, 2.24) is 14.5 Å². The van der Waals surface area contributed by atoms with Gasteiger partial charge in [0, 0.05) is 11.9 Å². The molecule has 37 heavy (non-hydrogen) atoms. The molecule has 0 aliphatic rings. The lowest BCUT2D eigenvalue weighted by Gasteiger charge is -2.22. The first-order chi connectivity index (χ1) is 17.9. The average Bonchev–Trinajstić information content (AvgIpc) is 3.24. The van der Waals surface area contributed by atoms with Crippen molar-refractivity contribution in [1.29, 1.82) is 0 Å². The molecule has 0 spiro atoms. The minimum absolute atomic E-state index is 0.180. The highest BCUT2D eigenvalue weighted by Gasteiger charge is 2.31. The molecule has 0 atom stereocenters. The lowest BCUT2D eigenvalue weighted by Crippen LogP contribution is -2.28. The zero-order valence-electron chi connectivity index (χ0n) is 21.7. The summed E-state index contributed by atoms with van der Waals surface area (Å²) in [7, 11) is 0. The van der Waals surface area contributed by atoms with Crippen LogP contribution in [0, 0.1) is 0 Å². The number of alkyl halides is 3. The SMILES string of the molecule is CCCCN(CCCC)CCCn1c(COc2cccc3ccccc23)nc2cc(C(F)(F)F)ccc21. The molecule has 0 aliphatic carbocycles. The number of ether oxygens (including phenoxy) is 1. The number of halogens is 3. The van der Waals surface area contributed by atoms with E-state index in [0.29, 0.717) is 23.4 Å². The summed E-state index contributed by atoms with van der Waals surface area (Å²) in [6.45, 7) is 8.36. The number of nitrogens with zero attached hydrogens (tertiary/aromatic N) is 3. The van der Waals surface area contributed by atoms with E-state index in [1.165, 1.54) is 12.8 Å². The topological polar surface area (TPSA) is 30.3 Å². The molecule has 3 aromatic carbocycles. The van der Waals surface area contributed by atoms with Crippen molar-refractivity contribution in [3.05, 3.63) is 72.1 Å². The number of aromatic nitrogens is 2. The summed E-state index contributed by atoms with van der Waals surface area (Å²) in [6.07, 6.45) is 1.14. The van der Waals surface area contributed by atoms with Crippen LogP contribution in [0.15, 0.2) is 60.7 Å². The second-order valence-electron chi connectivity index (χ2n) is 9.55. The van der Waals surface area contributed by atoms with Crippen LogP contribution in [0.2, 0.25) is 0 Å². The van der Waals surface area contributed by atoms with E-state index < -0.39 is 11.7 Å². The first-order valence-electron chi connectivity index (χ1n) is 13.3. The Morgan fingerprint density at radius 2 is 1.57 bits per heavy atom. The molecular formula is C30H36F3N3O. The minimum Gasteiger partial charge on any atom is -0.485 e. The van der Waals surface area contributed by atoms with E-state index in [1.54, 1.807) is 6.07 Å². The molecular weight excluding hydrogens is 475 g/mol. The van der Waals surface area contributed by atoms with Crippen molar-refractivity contribution < 1.29 is 17.9 Å². The number of hydrogen-bond donors (Lipinski definition) is 0. The fourth-order valence-electron chi connectivity index (χ4n) is 4.73. The van der Waals surface area contributed by atoms with Gasteiger partial charge >= 0.3 is 6.18 Å². The van der Waals surface area contributed by atoms with Gasteiger partial charge in [0.1, 0.15) is 18.2 Å². The zero-order chi connectivity index (χ0) is 26.3. The molecule has 4 rings (SSSR count). The van der Waals surface area contributed by atoms with E-state index in [0.717, 1.165) is 67.6 Å². The lowest BCUT2D eigenvalue weighted by molar-refractivity contribution is -0.137. The number of fused-ring (bicyclic) bond motifs is 2. The molecule has 7 heteroatoms. The number of rotatable bonds is 13. The van der Waals surface area contributed by atoms with E-state index in [-0.39, 0.29) is 6.61 Å². The monoisotopic (exact) mass is 511 g/mol. The van der Waals surface area contributed by atoms with Crippen molar-refractivity contribution in [3.63, 3.8) is 0 Å². The highest BCUT2D eigenvalue weighted by atomic mass is 19.4. The quantitative estimate of drug-likeness (QED) is 0.182. The number of unbranched alkanes of at least 4 members (excludes halogenated alkanes) is 2. The van der Waals surface area contributed by atoms with E-state index in [4.69, 9.17) is 4.74 Å². The van der Waals surface area contributed by atoms with Crippen LogP contribution >= 0.6 is 0 Å². The summed E-state index contributed by atoms with van der Waals surface area (Å²) >= 11 is 0. The maximum Gasteiger partial charge on any atom is 0.416 e. The molecule has 0 aliphatic heterocycles. The van der Waals surface area contributed by atoms with Gasteiger partial charge in [-0.3, -0.25) is 0 Å². The second kappa shape index (κ2) is 12.5. The summed E-state index contributed by atoms with van der Waals surface area (Å²) in [4.78, 5) is 7.10. The van der Waals surface area contributed by atoms with Crippen LogP contribution in [0.5, 0.6) is 5.75 Å². The van der Waals surface area contributed by atoms with Crippen LogP contribution in [0.4, 0.5) is 13.2 Å². The van der Waals surface area contributed by atoms with Crippen LogP contribution < -0.4 is 4.74 Å². The van der Waals surface area contributed by atoms with Gasteiger partial charge in [0.2, 0.25) is 0 Å². The molecule has 0 unspecified atom stereocenters. The Bertz CT molecular complexity index is 1290. The van der Waals surface area contributed by atoms with Crippen molar-refractivity contribution in [2.45, 2.75) is 65.3 Å². The van der Waals surface area contributed by atoms with Crippen molar-refractivity contribution in [3.8, 4) is 5.75 Å². The van der Waals surface area contributed by atoms with Gasteiger partial charge in [-0.2, -0.15) is 13.2 Å². The van der Waals surface area contributed by atoms with Crippen LogP contribution in [0.25, 0.3) is 21.8 Å². The molecule has 0 saturated heterocycles. The number of benzene rings is 3. The van der Waals surface area contributed by atoms with Gasteiger partial charge in [0.05, 0.1) is 16.6 Å². The molecule has 0 saturated carbocycles. The molecule has 1 heterocycles. The summed E-state index contributed by atoms with van der Waals surface area (Å²) in [5, 5.41) is 2.07. The largest absolute Gasteiger partial charge is 0.485 e. The summed E-state index contributed by atoms with van der Waals surface area (Å²) < 4.78 is 48.3. The van der Waals surface area contributed by atoms with Crippen LogP contribution in [0.3, 0.4) is 0 Å². The predicted molar refractivity (Wildman–Crippen MR) is 144 cm³/mol. The van der Waals surface area contributed by atoms with E-state index in [9.17, 15) is 13.2 Å². The standard InChI is InChI=1S/C30H36F3N3O/c1-3-5-17-35(18-6-4-2)19-10-20-36-27-16-15-24(30(31,32)33)21-26(27)34-29(36)22-37-28-14-9-12-23-11-7-8-13-25(23)28/h7-9,11-16,21H,3-6,10,17-20,22H2,1-2H3. The van der Waals surface area contributed by atoms with Crippen molar-refractivity contribution in [2.24, 2.45) is 0 Å². The van der Waals surface area contributed by atoms with Gasteiger partial charge in [-0.15, -0.1) is 0 Å². The minimum atomic E-state index is -4.41. The van der Waals surface area contributed by atoms with E-state index >= 15 is 0 Å². The Morgan fingerprint density at radius 1 is 0.865 bits per heavy atom. The normalized spacial score (nSPS) is 12.2. The van der Waals surface area contributed by atoms with E-state index in [2.05, 4.69) is 23.7 Å². The first-order valence-corrected chi connectivity index (χ1v) is 13.3.